The standard InChI is InChI=1S/C17H16O2/c1-11(8-17(18)19)12-6-7-16-14(9-12)10-13-4-2-3-5-15(13)16/h2-7,9,11H,8,10H2,1H3,(H,18,19). The topological polar surface area (TPSA) is 37.3 Å². The SMILES string of the molecule is CC(CC(=O)O)c1ccc2c(c1)Cc1ccccc1-2. The molecule has 0 saturated heterocycles. The molecule has 96 valence electrons. The van der Waals surface area contributed by atoms with Crippen molar-refractivity contribution in [3.63, 3.8) is 0 Å². The Morgan fingerprint density at radius 1 is 1.16 bits per heavy atom. The minimum Gasteiger partial charge on any atom is -0.481 e. The second kappa shape index (κ2) is 4.54. The van der Waals surface area contributed by atoms with Crippen LogP contribution >= 0.6 is 0 Å². The lowest BCUT2D eigenvalue weighted by Gasteiger charge is -2.11. The van der Waals surface area contributed by atoms with Crippen LogP contribution < -0.4 is 0 Å². The van der Waals surface area contributed by atoms with Crippen LogP contribution in [0.15, 0.2) is 42.5 Å². The van der Waals surface area contributed by atoms with Gasteiger partial charge in [-0.1, -0.05) is 49.4 Å². The molecule has 2 nitrogen and oxygen atoms in total. The minimum absolute atomic E-state index is 0.0616. The predicted octanol–water partition coefficient (Wildman–Crippen LogP) is 3.84. The van der Waals surface area contributed by atoms with Crippen LogP contribution in [0.1, 0.15) is 36.0 Å². The zero-order valence-electron chi connectivity index (χ0n) is 10.9. The van der Waals surface area contributed by atoms with E-state index in [0.717, 1.165) is 12.0 Å². The number of aliphatic carboxylic acids is 1. The second-order valence-corrected chi connectivity index (χ2v) is 5.25. The van der Waals surface area contributed by atoms with Crippen molar-refractivity contribution >= 4 is 5.97 Å². The number of carboxylic acids is 1. The molecule has 2 aromatic rings. The summed E-state index contributed by atoms with van der Waals surface area (Å²) in [5.41, 5.74) is 6.40. The quantitative estimate of drug-likeness (QED) is 0.769. The maximum atomic E-state index is 10.8. The first kappa shape index (κ1) is 12.0. The maximum Gasteiger partial charge on any atom is 0.303 e. The highest BCUT2D eigenvalue weighted by Gasteiger charge is 2.19. The fourth-order valence-corrected chi connectivity index (χ4v) is 2.85. The maximum absolute atomic E-state index is 10.8. The van der Waals surface area contributed by atoms with Crippen molar-refractivity contribution in [1.82, 2.24) is 0 Å². The smallest absolute Gasteiger partial charge is 0.303 e. The van der Waals surface area contributed by atoms with Gasteiger partial charge < -0.3 is 5.11 Å². The molecule has 0 fully saturated rings. The molecule has 0 aliphatic heterocycles. The Labute approximate surface area is 112 Å². The first-order valence-corrected chi connectivity index (χ1v) is 6.58. The molecule has 0 spiro atoms. The molecule has 0 amide bonds. The van der Waals surface area contributed by atoms with E-state index >= 15 is 0 Å². The Bertz CT molecular complexity index is 643. The fourth-order valence-electron chi connectivity index (χ4n) is 2.85. The van der Waals surface area contributed by atoms with Crippen LogP contribution in [0.3, 0.4) is 0 Å². The molecular formula is C17H16O2. The summed E-state index contributed by atoms with van der Waals surface area (Å²) < 4.78 is 0. The summed E-state index contributed by atoms with van der Waals surface area (Å²) in [7, 11) is 0. The van der Waals surface area contributed by atoms with E-state index in [1.54, 1.807) is 0 Å². The van der Waals surface area contributed by atoms with Crippen LogP contribution in [0.2, 0.25) is 0 Å². The molecule has 1 atom stereocenters. The summed E-state index contributed by atoms with van der Waals surface area (Å²) in [6, 6.07) is 14.8. The molecule has 2 aromatic carbocycles. The zero-order valence-corrected chi connectivity index (χ0v) is 10.9. The van der Waals surface area contributed by atoms with Crippen LogP contribution in [0, 0.1) is 0 Å². The van der Waals surface area contributed by atoms with E-state index in [-0.39, 0.29) is 12.3 Å². The van der Waals surface area contributed by atoms with Crippen LogP contribution in [0.25, 0.3) is 11.1 Å². The third kappa shape index (κ3) is 2.14. The van der Waals surface area contributed by atoms with Gasteiger partial charge in [-0.25, -0.2) is 0 Å². The largest absolute Gasteiger partial charge is 0.481 e. The van der Waals surface area contributed by atoms with E-state index in [1.807, 2.05) is 6.92 Å². The first-order chi connectivity index (χ1) is 9.15. The molecule has 19 heavy (non-hydrogen) atoms. The van der Waals surface area contributed by atoms with Gasteiger partial charge in [0.2, 0.25) is 0 Å². The Morgan fingerprint density at radius 2 is 1.89 bits per heavy atom. The fraction of sp³-hybridized carbons (Fsp3) is 0.235. The van der Waals surface area contributed by atoms with Crippen LogP contribution in [0.5, 0.6) is 0 Å². The lowest BCUT2D eigenvalue weighted by atomic mass is 9.94. The van der Waals surface area contributed by atoms with E-state index in [1.165, 1.54) is 22.3 Å². The molecule has 3 rings (SSSR count). The minimum atomic E-state index is -0.740. The van der Waals surface area contributed by atoms with Crippen molar-refractivity contribution in [1.29, 1.82) is 0 Å². The van der Waals surface area contributed by atoms with Crippen LogP contribution in [-0.2, 0) is 11.2 Å². The number of hydrogen-bond acceptors (Lipinski definition) is 1. The highest BCUT2D eigenvalue weighted by Crippen LogP contribution is 2.37. The van der Waals surface area contributed by atoms with Crippen molar-refractivity contribution < 1.29 is 9.90 Å². The highest BCUT2D eigenvalue weighted by atomic mass is 16.4. The highest BCUT2D eigenvalue weighted by molar-refractivity contribution is 5.77. The number of fused-ring (bicyclic) bond motifs is 3. The van der Waals surface area contributed by atoms with Gasteiger partial charge in [0.25, 0.3) is 0 Å². The van der Waals surface area contributed by atoms with E-state index in [0.29, 0.717) is 0 Å². The van der Waals surface area contributed by atoms with Gasteiger partial charge in [-0.3, -0.25) is 4.79 Å². The predicted molar refractivity (Wildman–Crippen MR) is 75.4 cm³/mol. The van der Waals surface area contributed by atoms with E-state index in [2.05, 4.69) is 42.5 Å². The Balaban J connectivity index is 1.95. The van der Waals surface area contributed by atoms with E-state index in [4.69, 9.17) is 5.11 Å². The molecule has 0 saturated carbocycles. The summed E-state index contributed by atoms with van der Waals surface area (Å²) in [5, 5.41) is 8.88. The number of carboxylic acid groups (broad SMARTS) is 1. The summed E-state index contributed by atoms with van der Waals surface area (Å²) in [6.07, 6.45) is 1.14. The van der Waals surface area contributed by atoms with Crippen molar-refractivity contribution in [2.75, 3.05) is 0 Å². The number of hydrogen-bond donors (Lipinski definition) is 1. The Kier molecular flexibility index (Phi) is 2.86. The third-order valence-electron chi connectivity index (χ3n) is 3.87. The third-order valence-corrected chi connectivity index (χ3v) is 3.87. The average molecular weight is 252 g/mol. The molecule has 0 aromatic heterocycles. The molecule has 0 heterocycles. The van der Waals surface area contributed by atoms with Gasteiger partial charge >= 0.3 is 5.97 Å². The molecule has 1 aliphatic carbocycles. The summed E-state index contributed by atoms with van der Waals surface area (Å²) in [5.74, 6) is -0.678. The van der Waals surface area contributed by atoms with E-state index in [9.17, 15) is 4.79 Å². The lowest BCUT2D eigenvalue weighted by Crippen LogP contribution is -2.03. The van der Waals surface area contributed by atoms with Crippen molar-refractivity contribution in [2.24, 2.45) is 0 Å². The molecule has 1 unspecified atom stereocenters. The summed E-state index contributed by atoms with van der Waals surface area (Å²) in [4.78, 5) is 10.8. The molecule has 1 aliphatic rings. The van der Waals surface area contributed by atoms with Crippen LogP contribution in [0.4, 0.5) is 0 Å². The van der Waals surface area contributed by atoms with Gasteiger partial charge in [0.1, 0.15) is 0 Å². The van der Waals surface area contributed by atoms with Gasteiger partial charge in [-0.15, -0.1) is 0 Å². The average Bonchev–Trinajstić information content (AvgIpc) is 2.75. The van der Waals surface area contributed by atoms with Crippen molar-refractivity contribution in [2.45, 2.75) is 25.7 Å². The Morgan fingerprint density at radius 3 is 2.68 bits per heavy atom. The number of rotatable bonds is 3. The molecule has 0 radical (unpaired) electrons. The van der Waals surface area contributed by atoms with Crippen molar-refractivity contribution in [3.8, 4) is 11.1 Å². The first-order valence-electron chi connectivity index (χ1n) is 6.58. The molecule has 2 heteroatoms. The Hall–Kier alpha value is -2.09. The van der Waals surface area contributed by atoms with Crippen molar-refractivity contribution in [3.05, 3.63) is 59.2 Å². The van der Waals surface area contributed by atoms with Gasteiger partial charge in [-0.05, 0) is 40.2 Å². The molecular weight excluding hydrogens is 236 g/mol. The normalized spacial score (nSPS) is 13.7. The zero-order chi connectivity index (χ0) is 13.4. The summed E-state index contributed by atoms with van der Waals surface area (Å²) in [6.45, 7) is 1.97. The van der Waals surface area contributed by atoms with Gasteiger partial charge in [0.05, 0.1) is 6.42 Å². The van der Waals surface area contributed by atoms with E-state index < -0.39 is 5.97 Å². The number of benzene rings is 2. The van der Waals surface area contributed by atoms with Crippen LogP contribution in [-0.4, -0.2) is 11.1 Å². The monoisotopic (exact) mass is 252 g/mol. The van der Waals surface area contributed by atoms with Gasteiger partial charge in [-0.2, -0.15) is 0 Å². The number of carbonyl (C=O) groups is 1. The molecule has 0 bridgehead atoms. The van der Waals surface area contributed by atoms with Gasteiger partial charge in [0.15, 0.2) is 0 Å². The lowest BCUT2D eigenvalue weighted by molar-refractivity contribution is -0.137. The second-order valence-electron chi connectivity index (χ2n) is 5.25. The summed E-state index contributed by atoms with van der Waals surface area (Å²) >= 11 is 0. The molecule has 1 N–H and O–H groups in total. The van der Waals surface area contributed by atoms with Gasteiger partial charge in [0, 0.05) is 0 Å².